The predicted molar refractivity (Wildman–Crippen MR) is 72.8 cm³/mol. The third-order valence-electron chi connectivity index (χ3n) is 3.00. The number of aromatic amines is 1. The zero-order valence-corrected chi connectivity index (χ0v) is 10.3. The van der Waals surface area contributed by atoms with Gasteiger partial charge in [-0.15, -0.1) is 0 Å². The number of methoxy groups -OCH3 is 1. The molecule has 1 N–H and O–H groups in total. The number of benzene rings is 1. The third kappa shape index (κ3) is 1.91. The molecule has 0 radical (unpaired) electrons. The van der Waals surface area contributed by atoms with Crippen molar-refractivity contribution < 1.29 is 4.74 Å². The average Bonchev–Trinajstić information content (AvgIpc) is 2.99. The van der Waals surface area contributed by atoms with Gasteiger partial charge in [-0.2, -0.15) is 5.26 Å². The lowest BCUT2D eigenvalue weighted by Gasteiger charge is -2.06. The van der Waals surface area contributed by atoms with E-state index in [4.69, 9.17) is 4.74 Å². The van der Waals surface area contributed by atoms with Gasteiger partial charge in [-0.1, -0.05) is 0 Å². The Bertz CT molecular complexity index is 770. The van der Waals surface area contributed by atoms with Crippen molar-refractivity contribution in [3.63, 3.8) is 0 Å². The van der Waals surface area contributed by atoms with Gasteiger partial charge in [-0.05, 0) is 36.4 Å². The van der Waals surface area contributed by atoms with Crippen LogP contribution in [0.4, 0.5) is 0 Å². The van der Waals surface area contributed by atoms with Gasteiger partial charge in [0.1, 0.15) is 17.5 Å². The van der Waals surface area contributed by atoms with Gasteiger partial charge in [0, 0.05) is 11.6 Å². The topological polar surface area (TPSA) is 61.7 Å². The molecule has 4 heteroatoms. The smallest absolute Gasteiger partial charge is 0.119 e. The molecule has 0 aliphatic heterocycles. The van der Waals surface area contributed by atoms with Crippen molar-refractivity contribution >= 4 is 10.9 Å². The van der Waals surface area contributed by atoms with Crippen molar-refractivity contribution in [2.75, 3.05) is 7.11 Å². The Hall–Kier alpha value is -2.80. The van der Waals surface area contributed by atoms with Crippen LogP contribution in [-0.4, -0.2) is 17.1 Å². The Kier molecular flexibility index (Phi) is 2.66. The zero-order valence-electron chi connectivity index (χ0n) is 10.3. The lowest BCUT2D eigenvalue weighted by atomic mass is 10.1. The summed E-state index contributed by atoms with van der Waals surface area (Å²) in [4.78, 5) is 7.63. The van der Waals surface area contributed by atoms with Crippen LogP contribution in [0.1, 0.15) is 5.56 Å². The molecule has 0 atom stereocenters. The van der Waals surface area contributed by atoms with Crippen LogP contribution in [0.2, 0.25) is 0 Å². The SMILES string of the molecule is COc1ccc2nc(-c3ccc[nH]3)c(C#N)cc2c1. The summed E-state index contributed by atoms with van der Waals surface area (Å²) in [6.45, 7) is 0. The highest BCUT2D eigenvalue weighted by Crippen LogP contribution is 2.26. The van der Waals surface area contributed by atoms with Gasteiger partial charge in [0.2, 0.25) is 0 Å². The van der Waals surface area contributed by atoms with Crippen LogP contribution in [-0.2, 0) is 0 Å². The van der Waals surface area contributed by atoms with Crippen LogP contribution in [0.25, 0.3) is 22.3 Å². The number of aromatic nitrogens is 2. The lowest BCUT2D eigenvalue weighted by Crippen LogP contribution is -1.92. The monoisotopic (exact) mass is 249 g/mol. The fourth-order valence-corrected chi connectivity index (χ4v) is 2.05. The molecule has 0 saturated carbocycles. The minimum absolute atomic E-state index is 0.545. The van der Waals surface area contributed by atoms with Crippen LogP contribution >= 0.6 is 0 Å². The van der Waals surface area contributed by atoms with Crippen molar-refractivity contribution in [2.24, 2.45) is 0 Å². The van der Waals surface area contributed by atoms with E-state index in [1.54, 1.807) is 7.11 Å². The molecule has 92 valence electrons. The molecule has 19 heavy (non-hydrogen) atoms. The van der Waals surface area contributed by atoms with E-state index in [1.807, 2.05) is 42.6 Å². The first-order valence-electron chi connectivity index (χ1n) is 5.84. The fraction of sp³-hybridized carbons (Fsp3) is 0.0667. The van der Waals surface area contributed by atoms with E-state index < -0.39 is 0 Å². The fourth-order valence-electron chi connectivity index (χ4n) is 2.05. The first-order valence-corrected chi connectivity index (χ1v) is 5.84. The number of rotatable bonds is 2. The maximum atomic E-state index is 9.27. The number of nitrogens with zero attached hydrogens (tertiary/aromatic N) is 2. The summed E-state index contributed by atoms with van der Waals surface area (Å²) in [5, 5.41) is 10.2. The normalized spacial score (nSPS) is 10.3. The summed E-state index contributed by atoms with van der Waals surface area (Å²) >= 11 is 0. The molecule has 2 heterocycles. The highest BCUT2D eigenvalue weighted by Gasteiger charge is 2.10. The quantitative estimate of drug-likeness (QED) is 0.759. The molecule has 0 bridgehead atoms. The first kappa shape index (κ1) is 11.3. The van der Waals surface area contributed by atoms with E-state index >= 15 is 0 Å². The van der Waals surface area contributed by atoms with E-state index in [0.29, 0.717) is 11.3 Å². The molecule has 3 rings (SSSR count). The Morgan fingerprint density at radius 3 is 2.84 bits per heavy atom. The number of hydrogen-bond acceptors (Lipinski definition) is 3. The van der Waals surface area contributed by atoms with Crippen molar-refractivity contribution in [3.8, 4) is 23.2 Å². The summed E-state index contributed by atoms with van der Waals surface area (Å²) in [6, 6.07) is 13.4. The second-order valence-corrected chi connectivity index (χ2v) is 4.14. The number of nitrogens with one attached hydrogen (secondary N) is 1. The summed E-state index contributed by atoms with van der Waals surface area (Å²) in [5.41, 5.74) is 2.90. The van der Waals surface area contributed by atoms with Gasteiger partial charge >= 0.3 is 0 Å². The lowest BCUT2D eigenvalue weighted by molar-refractivity contribution is 0.415. The highest BCUT2D eigenvalue weighted by molar-refractivity contribution is 5.85. The van der Waals surface area contributed by atoms with Crippen LogP contribution in [0.15, 0.2) is 42.6 Å². The van der Waals surface area contributed by atoms with Crippen LogP contribution < -0.4 is 4.74 Å². The summed E-state index contributed by atoms with van der Waals surface area (Å²) < 4.78 is 5.18. The summed E-state index contributed by atoms with van der Waals surface area (Å²) in [6.07, 6.45) is 1.82. The molecule has 1 aromatic carbocycles. The number of ether oxygens (including phenoxy) is 1. The number of pyridine rings is 1. The summed E-state index contributed by atoms with van der Waals surface area (Å²) in [5.74, 6) is 0.755. The molecule has 2 aromatic heterocycles. The zero-order chi connectivity index (χ0) is 13.2. The maximum Gasteiger partial charge on any atom is 0.119 e. The van der Waals surface area contributed by atoms with E-state index in [2.05, 4.69) is 16.0 Å². The minimum Gasteiger partial charge on any atom is -0.497 e. The molecular formula is C15H11N3O. The van der Waals surface area contributed by atoms with E-state index in [0.717, 1.165) is 22.3 Å². The van der Waals surface area contributed by atoms with E-state index in [-0.39, 0.29) is 0 Å². The van der Waals surface area contributed by atoms with Crippen molar-refractivity contribution in [1.29, 1.82) is 5.26 Å². The Morgan fingerprint density at radius 2 is 2.16 bits per heavy atom. The van der Waals surface area contributed by atoms with Crippen molar-refractivity contribution in [2.45, 2.75) is 0 Å². The van der Waals surface area contributed by atoms with E-state index in [1.165, 1.54) is 0 Å². The summed E-state index contributed by atoms with van der Waals surface area (Å²) in [7, 11) is 1.62. The molecule has 0 saturated heterocycles. The molecule has 4 nitrogen and oxygen atoms in total. The predicted octanol–water partition coefficient (Wildman–Crippen LogP) is 3.11. The molecule has 0 spiro atoms. The molecule has 0 fully saturated rings. The molecular weight excluding hydrogens is 238 g/mol. The van der Waals surface area contributed by atoms with E-state index in [9.17, 15) is 5.26 Å². The standard InChI is InChI=1S/C15H11N3O/c1-19-12-4-5-13-10(8-12)7-11(9-16)15(18-13)14-3-2-6-17-14/h2-8,17H,1H3. The largest absolute Gasteiger partial charge is 0.497 e. The Labute approximate surface area is 110 Å². The first-order chi connectivity index (χ1) is 9.31. The second kappa shape index (κ2) is 4.46. The maximum absolute atomic E-state index is 9.27. The van der Waals surface area contributed by atoms with Gasteiger partial charge in [0.05, 0.1) is 23.9 Å². The molecule has 0 aliphatic rings. The average molecular weight is 249 g/mol. The number of fused-ring (bicyclic) bond motifs is 1. The Balaban J connectivity index is 2.27. The van der Waals surface area contributed by atoms with Gasteiger partial charge in [0.15, 0.2) is 0 Å². The second-order valence-electron chi connectivity index (χ2n) is 4.14. The minimum atomic E-state index is 0.545. The van der Waals surface area contributed by atoms with Crippen LogP contribution in [0.3, 0.4) is 0 Å². The van der Waals surface area contributed by atoms with Crippen molar-refractivity contribution in [1.82, 2.24) is 9.97 Å². The molecule has 0 unspecified atom stereocenters. The number of hydrogen-bond donors (Lipinski definition) is 1. The third-order valence-corrected chi connectivity index (χ3v) is 3.00. The Morgan fingerprint density at radius 1 is 1.26 bits per heavy atom. The van der Waals surface area contributed by atoms with Crippen LogP contribution in [0.5, 0.6) is 5.75 Å². The van der Waals surface area contributed by atoms with Gasteiger partial charge < -0.3 is 9.72 Å². The number of H-pyrrole nitrogens is 1. The molecule has 0 aliphatic carbocycles. The highest BCUT2D eigenvalue weighted by atomic mass is 16.5. The number of nitriles is 1. The molecule has 0 amide bonds. The molecule has 3 aromatic rings. The van der Waals surface area contributed by atoms with Crippen molar-refractivity contribution in [3.05, 3.63) is 48.2 Å². The van der Waals surface area contributed by atoms with Crippen LogP contribution in [0, 0.1) is 11.3 Å². The van der Waals surface area contributed by atoms with Gasteiger partial charge in [-0.3, -0.25) is 0 Å². The van der Waals surface area contributed by atoms with Gasteiger partial charge in [0.25, 0.3) is 0 Å². The van der Waals surface area contributed by atoms with Gasteiger partial charge in [-0.25, -0.2) is 4.98 Å².